The smallest absolute Gasteiger partial charge is 0.343 e. The Morgan fingerprint density at radius 1 is 1.20 bits per heavy atom. The molecule has 2 aromatic rings. The van der Waals surface area contributed by atoms with Crippen LogP contribution in [-0.2, 0) is 29.3 Å². The van der Waals surface area contributed by atoms with Crippen molar-refractivity contribution in [3.63, 3.8) is 0 Å². The normalized spacial score (nSPS) is 16.2. The lowest BCUT2D eigenvalue weighted by atomic mass is 9.96. The number of carbonyl (C=O) groups excluding carboxylic acids is 1. The molecule has 0 N–H and O–H groups in total. The number of aromatic nitrogens is 1. The second-order valence-electron chi connectivity index (χ2n) is 6.33. The lowest BCUT2D eigenvalue weighted by molar-refractivity contribution is 0.0456. The third-order valence-corrected chi connectivity index (χ3v) is 4.74. The summed E-state index contributed by atoms with van der Waals surface area (Å²) in [5.74, 6) is -0.209. The molecule has 1 aromatic heterocycles. The van der Waals surface area contributed by atoms with Crippen molar-refractivity contribution in [2.45, 2.75) is 45.2 Å². The van der Waals surface area contributed by atoms with Crippen LogP contribution in [0.3, 0.4) is 0 Å². The van der Waals surface area contributed by atoms with Crippen molar-refractivity contribution in [3.8, 4) is 5.88 Å². The van der Waals surface area contributed by atoms with E-state index in [0.717, 1.165) is 30.4 Å². The molecule has 1 aliphatic heterocycles. The van der Waals surface area contributed by atoms with E-state index in [0.29, 0.717) is 23.9 Å². The number of hydrogen-bond donors (Lipinski definition) is 0. The highest BCUT2D eigenvalue weighted by atomic mass is 35.5. The number of ether oxygens (including phenoxy) is 3. The Kier molecular flexibility index (Phi) is 4.59. The quantitative estimate of drug-likeness (QED) is 0.595. The molecule has 0 spiro atoms. The van der Waals surface area contributed by atoms with E-state index in [1.165, 1.54) is 5.56 Å². The summed E-state index contributed by atoms with van der Waals surface area (Å²) in [6.07, 6.45) is 3.18. The average molecular weight is 360 g/mol. The van der Waals surface area contributed by atoms with Crippen molar-refractivity contribution in [2.24, 2.45) is 0 Å². The summed E-state index contributed by atoms with van der Waals surface area (Å²) in [4.78, 5) is 16.6. The van der Waals surface area contributed by atoms with Crippen LogP contribution in [0.25, 0.3) is 0 Å². The lowest BCUT2D eigenvalue weighted by Gasteiger charge is -2.26. The molecule has 0 saturated heterocycles. The lowest BCUT2D eigenvalue weighted by Crippen LogP contribution is -2.26. The Labute approximate surface area is 150 Å². The van der Waals surface area contributed by atoms with E-state index < -0.39 is 5.97 Å². The van der Waals surface area contributed by atoms with Crippen molar-refractivity contribution in [1.82, 2.24) is 4.98 Å². The number of carbonyl (C=O) groups is 1. The number of fused-ring (bicyclic) bond motifs is 1. The molecule has 0 radical (unpaired) electrons. The molecule has 1 aromatic carbocycles. The number of halogens is 1. The van der Waals surface area contributed by atoms with E-state index in [-0.39, 0.29) is 18.6 Å². The van der Waals surface area contributed by atoms with Gasteiger partial charge < -0.3 is 14.2 Å². The Balaban J connectivity index is 1.45. The van der Waals surface area contributed by atoms with Gasteiger partial charge in [0, 0.05) is 0 Å². The first-order valence-corrected chi connectivity index (χ1v) is 8.75. The molecule has 1 fully saturated rings. The van der Waals surface area contributed by atoms with Crippen molar-refractivity contribution in [3.05, 3.63) is 57.7 Å². The number of nitrogens with zero attached hydrogens (tertiary/aromatic N) is 1. The molecule has 25 heavy (non-hydrogen) atoms. The van der Waals surface area contributed by atoms with E-state index >= 15 is 0 Å². The summed E-state index contributed by atoms with van der Waals surface area (Å²) in [7, 11) is 0. The van der Waals surface area contributed by atoms with Gasteiger partial charge >= 0.3 is 5.97 Å². The monoisotopic (exact) mass is 359 g/mol. The minimum absolute atomic E-state index is 0.106. The van der Waals surface area contributed by atoms with Gasteiger partial charge in [-0.3, -0.25) is 0 Å². The van der Waals surface area contributed by atoms with Crippen molar-refractivity contribution in [1.29, 1.82) is 0 Å². The van der Waals surface area contributed by atoms with Crippen LogP contribution >= 0.6 is 11.6 Å². The van der Waals surface area contributed by atoms with E-state index in [1.54, 1.807) is 12.1 Å². The molecule has 5 nitrogen and oxygen atoms in total. The summed E-state index contributed by atoms with van der Waals surface area (Å²) < 4.78 is 16.6. The largest absolute Gasteiger partial charge is 0.474 e. The van der Waals surface area contributed by atoms with E-state index in [4.69, 9.17) is 25.8 Å². The summed E-state index contributed by atoms with van der Waals surface area (Å²) in [6.45, 7) is 1.45. The van der Waals surface area contributed by atoms with Gasteiger partial charge in [0.15, 0.2) is 0 Å². The second kappa shape index (κ2) is 7.02. The Morgan fingerprint density at radius 2 is 2.04 bits per heavy atom. The van der Waals surface area contributed by atoms with E-state index in [1.807, 2.05) is 18.2 Å². The molecule has 6 heteroatoms. The molecular weight excluding hydrogens is 342 g/mol. The predicted molar refractivity (Wildman–Crippen MR) is 91.6 cm³/mol. The van der Waals surface area contributed by atoms with Crippen molar-refractivity contribution < 1.29 is 19.0 Å². The maximum Gasteiger partial charge on any atom is 0.343 e. The molecule has 1 aliphatic carbocycles. The molecule has 0 amide bonds. The molecule has 1 saturated carbocycles. The summed E-state index contributed by atoms with van der Waals surface area (Å²) in [5, 5.41) is 0.296. The van der Waals surface area contributed by atoms with Crippen LogP contribution in [0, 0.1) is 0 Å². The molecule has 4 rings (SSSR count). The van der Waals surface area contributed by atoms with Gasteiger partial charge in [0.1, 0.15) is 23.4 Å². The average Bonchev–Trinajstić information content (AvgIpc) is 3.04. The highest BCUT2D eigenvalue weighted by Crippen LogP contribution is 2.28. The highest BCUT2D eigenvalue weighted by molar-refractivity contribution is 6.29. The summed E-state index contributed by atoms with van der Waals surface area (Å²) in [5.41, 5.74) is 3.57. The topological polar surface area (TPSA) is 57.7 Å². The fourth-order valence-corrected chi connectivity index (χ4v) is 2.99. The number of esters is 1. The standard InChI is InChI=1S/C19H18ClNO4/c20-17-7-6-16(18(21-17)25-15-2-1-3-15)19(22)24-9-12-4-5-13-10-23-11-14(13)8-12/h4-8,15H,1-3,9-11H2. The third kappa shape index (κ3) is 3.62. The summed E-state index contributed by atoms with van der Waals surface area (Å²) in [6, 6.07) is 9.15. The Hall–Kier alpha value is -2.11. The zero-order valence-corrected chi connectivity index (χ0v) is 14.4. The number of pyridine rings is 1. The SMILES string of the molecule is O=C(OCc1ccc2c(c1)COC2)c1ccc(Cl)nc1OC1CCC1. The van der Waals surface area contributed by atoms with Gasteiger partial charge in [-0.1, -0.05) is 23.7 Å². The van der Waals surface area contributed by atoms with Gasteiger partial charge in [0.05, 0.1) is 13.2 Å². The van der Waals surface area contributed by atoms with Crippen LogP contribution in [0.5, 0.6) is 5.88 Å². The van der Waals surface area contributed by atoms with Gasteiger partial charge in [-0.2, -0.15) is 0 Å². The zero-order valence-electron chi connectivity index (χ0n) is 13.7. The first-order chi connectivity index (χ1) is 12.2. The molecule has 0 unspecified atom stereocenters. The fraction of sp³-hybridized carbons (Fsp3) is 0.368. The van der Waals surface area contributed by atoms with Crippen LogP contribution in [0.15, 0.2) is 30.3 Å². The van der Waals surface area contributed by atoms with E-state index in [9.17, 15) is 4.79 Å². The maximum absolute atomic E-state index is 12.5. The van der Waals surface area contributed by atoms with E-state index in [2.05, 4.69) is 4.98 Å². The van der Waals surface area contributed by atoms with Crippen LogP contribution in [0.1, 0.15) is 46.3 Å². The molecular formula is C19H18ClNO4. The molecule has 2 heterocycles. The first kappa shape index (κ1) is 16.4. The fourth-order valence-electron chi connectivity index (χ4n) is 2.85. The van der Waals surface area contributed by atoms with Gasteiger partial charge in [-0.25, -0.2) is 9.78 Å². The van der Waals surface area contributed by atoms with Crippen molar-refractivity contribution >= 4 is 17.6 Å². The predicted octanol–water partition coefficient (Wildman–Crippen LogP) is 4.05. The molecule has 0 bridgehead atoms. The van der Waals surface area contributed by atoms with Crippen molar-refractivity contribution in [2.75, 3.05) is 0 Å². The van der Waals surface area contributed by atoms with Crippen LogP contribution in [-0.4, -0.2) is 17.1 Å². The Bertz CT molecular complexity index is 804. The Morgan fingerprint density at radius 3 is 2.84 bits per heavy atom. The maximum atomic E-state index is 12.5. The van der Waals surface area contributed by atoms with Gasteiger partial charge in [-0.15, -0.1) is 0 Å². The first-order valence-electron chi connectivity index (χ1n) is 8.38. The van der Waals surface area contributed by atoms with Crippen LogP contribution < -0.4 is 4.74 Å². The molecule has 2 aliphatic rings. The minimum atomic E-state index is -0.463. The van der Waals surface area contributed by atoms with Gasteiger partial charge in [0.2, 0.25) is 5.88 Å². The van der Waals surface area contributed by atoms with Gasteiger partial charge in [0.25, 0.3) is 0 Å². The van der Waals surface area contributed by atoms with Gasteiger partial charge in [-0.05, 0) is 54.2 Å². The van der Waals surface area contributed by atoms with Crippen LogP contribution in [0.4, 0.5) is 0 Å². The number of benzene rings is 1. The minimum Gasteiger partial charge on any atom is -0.474 e. The number of rotatable bonds is 5. The number of hydrogen-bond acceptors (Lipinski definition) is 5. The molecule has 130 valence electrons. The zero-order chi connectivity index (χ0) is 17.2. The van der Waals surface area contributed by atoms with Crippen LogP contribution in [0.2, 0.25) is 5.15 Å². The second-order valence-corrected chi connectivity index (χ2v) is 6.72. The summed E-state index contributed by atoms with van der Waals surface area (Å²) >= 11 is 5.94. The highest BCUT2D eigenvalue weighted by Gasteiger charge is 2.24. The molecule has 0 atom stereocenters. The third-order valence-electron chi connectivity index (χ3n) is 4.53.